The highest BCUT2D eigenvalue weighted by atomic mass is 16.6. The third kappa shape index (κ3) is 4.18. The van der Waals surface area contributed by atoms with Crippen molar-refractivity contribution in [1.82, 2.24) is 4.90 Å². The van der Waals surface area contributed by atoms with E-state index in [2.05, 4.69) is 19.2 Å². The molecule has 0 aliphatic rings. The van der Waals surface area contributed by atoms with Gasteiger partial charge in [0.1, 0.15) is 5.69 Å². The summed E-state index contributed by atoms with van der Waals surface area (Å²) in [5, 5.41) is 14.0. The molecule has 1 amide bonds. The molecular formula is C15H23N3O3. The van der Waals surface area contributed by atoms with Gasteiger partial charge in [-0.2, -0.15) is 0 Å². The van der Waals surface area contributed by atoms with Gasteiger partial charge < -0.3 is 10.2 Å². The third-order valence-electron chi connectivity index (χ3n) is 3.45. The molecule has 21 heavy (non-hydrogen) atoms. The van der Waals surface area contributed by atoms with Gasteiger partial charge in [-0.15, -0.1) is 0 Å². The summed E-state index contributed by atoms with van der Waals surface area (Å²) in [5.41, 5.74) is 0.572. The number of nitro benzene ring substituents is 1. The van der Waals surface area contributed by atoms with E-state index in [-0.39, 0.29) is 11.6 Å². The molecule has 116 valence electrons. The molecule has 0 radical (unpaired) electrons. The first-order valence-electron chi connectivity index (χ1n) is 7.19. The summed E-state index contributed by atoms with van der Waals surface area (Å²) in [5.74, 6) is 0.190. The fourth-order valence-electron chi connectivity index (χ4n) is 2.12. The lowest BCUT2D eigenvalue weighted by atomic mass is 10.1. The predicted octanol–water partition coefficient (Wildman–Crippen LogP) is 3.14. The van der Waals surface area contributed by atoms with Crippen molar-refractivity contribution in [2.45, 2.75) is 27.2 Å². The highest BCUT2D eigenvalue weighted by Gasteiger charge is 2.23. The molecule has 1 unspecified atom stereocenters. The standard InChI is InChI=1S/C15H23N3O3/c1-5-11(3)10-17(4)15(19)12-8-7-9-13(18(20)21)14(12)16-6-2/h7-9,11,16H,5-6,10H2,1-4H3. The molecule has 0 saturated heterocycles. The first kappa shape index (κ1) is 16.9. The summed E-state index contributed by atoms with van der Waals surface area (Å²) in [6.45, 7) is 7.13. The van der Waals surface area contributed by atoms with Crippen LogP contribution in [-0.4, -0.2) is 35.9 Å². The van der Waals surface area contributed by atoms with Gasteiger partial charge in [-0.05, 0) is 18.9 Å². The van der Waals surface area contributed by atoms with Crippen LogP contribution in [0.4, 0.5) is 11.4 Å². The SMILES string of the molecule is CCNc1c(C(=O)N(C)CC(C)CC)cccc1[N+](=O)[O-]. The number of anilines is 1. The number of nitrogens with zero attached hydrogens (tertiary/aromatic N) is 2. The molecule has 1 rings (SSSR count). The molecule has 1 aromatic carbocycles. The Kier molecular flexibility index (Phi) is 6.14. The highest BCUT2D eigenvalue weighted by Crippen LogP contribution is 2.29. The van der Waals surface area contributed by atoms with Crippen LogP contribution in [0.3, 0.4) is 0 Å². The minimum absolute atomic E-state index is 0.0698. The number of benzene rings is 1. The van der Waals surface area contributed by atoms with Crippen LogP contribution in [0.25, 0.3) is 0 Å². The van der Waals surface area contributed by atoms with Gasteiger partial charge in [-0.25, -0.2) is 0 Å². The number of hydrogen-bond donors (Lipinski definition) is 1. The van der Waals surface area contributed by atoms with Crippen molar-refractivity contribution in [2.24, 2.45) is 5.92 Å². The van der Waals surface area contributed by atoms with Crippen molar-refractivity contribution in [3.63, 3.8) is 0 Å². The monoisotopic (exact) mass is 293 g/mol. The highest BCUT2D eigenvalue weighted by molar-refractivity contribution is 6.01. The molecule has 1 N–H and O–H groups in total. The minimum Gasteiger partial charge on any atom is -0.379 e. The maximum Gasteiger partial charge on any atom is 0.293 e. The van der Waals surface area contributed by atoms with Crippen molar-refractivity contribution >= 4 is 17.3 Å². The predicted molar refractivity (Wildman–Crippen MR) is 83.7 cm³/mol. The topological polar surface area (TPSA) is 75.5 Å². The van der Waals surface area contributed by atoms with Crippen molar-refractivity contribution in [2.75, 3.05) is 25.5 Å². The maximum atomic E-state index is 12.5. The summed E-state index contributed by atoms with van der Waals surface area (Å²) in [6, 6.07) is 4.58. The molecule has 0 aromatic heterocycles. The van der Waals surface area contributed by atoms with Crippen molar-refractivity contribution in [3.8, 4) is 0 Å². The first-order valence-corrected chi connectivity index (χ1v) is 7.19. The molecule has 1 atom stereocenters. The van der Waals surface area contributed by atoms with Crippen molar-refractivity contribution in [3.05, 3.63) is 33.9 Å². The minimum atomic E-state index is -0.469. The zero-order valence-electron chi connectivity index (χ0n) is 13.0. The fourth-order valence-corrected chi connectivity index (χ4v) is 2.12. The smallest absolute Gasteiger partial charge is 0.293 e. The van der Waals surface area contributed by atoms with Crippen molar-refractivity contribution < 1.29 is 9.72 Å². The number of nitrogens with one attached hydrogen (secondary N) is 1. The molecular weight excluding hydrogens is 270 g/mol. The average Bonchev–Trinajstić information content (AvgIpc) is 2.46. The molecule has 0 bridgehead atoms. The van der Waals surface area contributed by atoms with E-state index in [1.165, 1.54) is 6.07 Å². The second-order valence-electron chi connectivity index (χ2n) is 5.19. The lowest BCUT2D eigenvalue weighted by Crippen LogP contribution is -2.31. The number of nitro groups is 1. The van der Waals surface area contributed by atoms with Gasteiger partial charge in [-0.1, -0.05) is 26.3 Å². The van der Waals surface area contributed by atoms with Gasteiger partial charge in [0.15, 0.2) is 0 Å². The summed E-state index contributed by atoms with van der Waals surface area (Å²) in [7, 11) is 1.73. The number of carbonyl (C=O) groups excluding carboxylic acids is 1. The normalized spacial score (nSPS) is 11.8. The number of carbonyl (C=O) groups is 1. The first-order chi connectivity index (χ1) is 9.92. The van der Waals surface area contributed by atoms with Crippen molar-refractivity contribution in [1.29, 1.82) is 0 Å². The van der Waals surface area contributed by atoms with Gasteiger partial charge in [0.25, 0.3) is 11.6 Å². The van der Waals surface area contributed by atoms with Gasteiger partial charge >= 0.3 is 0 Å². The Morgan fingerprint density at radius 3 is 2.62 bits per heavy atom. The Morgan fingerprint density at radius 2 is 2.10 bits per heavy atom. The van der Waals surface area contributed by atoms with Crippen LogP contribution in [0, 0.1) is 16.0 Å². The molecule has 1 aromatic rings. The van der Waals surface area contributed by atoms with Gasteiger partial charge in [-0.3, -0.25) is 14.9 Å². The van der Waals surface area contributed by atoms with Crippen LogP contribution in [0.5, 0.6) is 0 Å². The van der Waals surface area contributed by atoms with Crippen LogP contribution >= 0.6 is 0 Å². The maximum absolute atomic E-state index is 12.5. The summed E-state index contributed by atoms with van der Waals surface area (Å²) in [4.78, 5) is 24.8. The Labute approximate surface area is 125 Å². The third-order valence-corrected chi connectivity index (χ3v) is 3.45. The van der Waals surface area contributed by atoms with Crippen LogP contribution in [-0.2, 0) is 0 Å². The summed E-state index contributed by atoms with van der Waals surface area (Å²) >= 11 is 0. The molecule has 0 fully saturated rings. The van der Waals surface area contributed by atoms with E-state index >= 15 is 0 Å². The van der Waals surface area contributed by atoms with Crippen LogP contribution in [0.15, 0.2) is 18.2 Å². The fraction of sp³-hybridized carbons (Fsp3) is 0.533. The zero-order chi connectivity index (χ0) is 16.0. The van der Waals surface area contributed by atoms with E-state index in [0.717, 1.165) is 6.42 Å². The molecule has 6 nitrogen and oxygen atoms in total. The molecule has 6 heteroatoms. The molecule has 0 aliphatic heterocycles. The summed E-state index contributed by atoms with van der Waals surface area (Å²) in [6.07, 6.45) is 0.979. The van der Waals surface area contributed by atoms with Crippen LogP contribution in [0.2, 0.25) is 0 Å². The van der Waals surface area contributed by atoms with E-state index in [4.69, 9.17) is 0 Å². The number of amides is 1. The largest absolute Gasteiger partial charge is 0.379 e. The van der Waals surface area contributed by atoms with E-state index in [9.17, 15) is 14.9 Å². The second-order valence-corrected chi connectivity index (χ2v) is 5.19. The molecule has 0 spiro atoms. The average molecular weight is 293 g/mol. The Balaban J connectivity index is 3.13. The van der Waals surface area contributed by atoms with E-state index in [1.807, 2.05) is 6.92 Å². The van der Waals surface area contributed by atoms with Gasteiger partial charge in [0.05, 0.1) is 10.5 Å². The lowest BCUT2D eigenvalue weighted by molar-refractivity contribution is -0.384. The van der Waals surface area contributed by atoms with Crippen LogP contribution in [0.1, 0.15) is 37.6 Å². The Morgan fingerprint density at radius 1 is 1.43 bits per heavy atom. The lowest BCUT2D eigenvalue weighted by Gasteiger charge is -2.22. The van der Waals surface area contributed by atoms with E-state index in [0.29, 0.717) is 30.3 Å². The zero-order valence-corrected chi connectivity index (χ0v) is 13.0. The van der Waals surface area contributed by atoms with Crippen LogP contribution < -0.4 is 5.32 Å². The van der Waals surface area contributed by atoms with E-state index in [1.54, 1.807) is 24.1 Å². The van der Waals surface area contributed by atoms with Gasteiger partial charge in [0, 0.05) is 26.2 Å². The number of hydrogen-bond acceptors (Lipinski definition) is 4. The summed E-state index contributed by atoms with van der Waals surface area (Å²) < 4.78 is 0. The Bertz CT molecular complexity index is 517. The number of rotatable bonds is 7. The second kappa shape index (κ2) is 7.61. The van der Waals surface area contributed by atoms with E-state index < -0.39 is 4.92 Å². The van der Waals surface area contributed by atoms with Gasteiger partial charge in [0.2, 0.25) is 0 Å². The Hall–Kier alpha value is -2.11. The quantitative estimate of drug-likeness (QED) is 0.619. The molecule has 0 saturated carbocycles. The molecule has 0 heterocycles. The molecule has 0 aliphatic carbocycles. The number of para-hydroxylation sites is 1.